The van der Waals surface area contributed by atoms with Crippen molar-refractivity contribution in [2.24, 2.45) is 0 Å². The van der Waals surface area contributed by atoms with Gasteiger partial charge in [0.1, 0.15) is 0 Å². The fraction of sp³-hybridized carbons (Fsp3) is 0.150. The van der Waals surface area contributed by atoms with E-state index in [0.29, 0.717) is 17.0 Å². The third-order valence-electron chi connectivity index (χ3n) is 4.58. The molecule has 0 unspecified atom stereocenters. The highest BCUT2D eigenvalue weighted by Gasteiger charge is 2.16. The van der Waals surface area contributed by atoms with Gasteiger partial charge in [0, 0.05) is 29.7 Å². The molecule has 0 aliphatic heterocycles. The van der Waals surface area contributed by atoms with Crippen molar-refractivity contribution in [1.29, 1.82) is 0 Å². The van der Waals surface area contributed by atoms with Crippen LogP contribution in [0.3, 0.4) is 0 Å². The first kappa shape index (κ1) is 16.5. The first-order valence-corrected chi connectivity index (χ1v) is 8.61. The van der Waals surface area contributed by atoms with E-state index < -0.39 is 0 Å². The Balaban J connectivity index is 1.89. The number of halogens is 1. The number of carbonyl (C=O) groups excluding carboxylic acids is 1. The molecule has 0 bridgehead atoms. The smallest absolute Gasteiger partial charge is 0.307 e. The summed E-state index contributed by atoms with van der Waals surface area (Å²) in [5, 5.41) is 13.8. The highest BCUT2D eigenvalue weighted by molar-refractivity contribution is 6.36. The second kappa shape index (κ2) is 6.42. The average molecular weight is 369 g/mol. The molecule has 1 N–H and O–H groups in total. The van der Waals surface area contributed by atoms with Crippen LogP contribution in [-0.4, -0.2) is 27.3 Å². The summed E-state index contributed by atoms with van der Waals surface area (Å²) in [6, 6.07) is 13.4. The molecule has 5 nitrogen and oxygen atoms in total. The summed E-state index contributed by atoms with van der Waals surface area (Å²) >= 11 is 6.26. The summed E-state index contributed by atoms with van der Waals surface area (Å²) in [5.74, 6) is -0.163. The van der Waals surface area contributed by atoms with Gasteiger partial charge in [-0.1, -0.05) is 35.9 Å². The number of aryl methyl sites for hydroxylation is 1. The van der Waals surface area contributed by atoms with E-state index in [-0.39, 0.29) is 18.3 Å². The van der Waals surface area contributed by atoms with Crippen molar-refractivity contribution >= 4 is 39.2 Å². The molecule has 0 radical (unpaired) electrons. The lowest BCUT2D eigenvalue weighted by Crippen LogP contribution is -2.07. The standard InChI is InChI=1S/C20H17ClN2O3/c1-26-17(24)9-11-22-10-8-13-4-3-7-16(19(13)22)23-12-14-5-2-6-15(21)18(14)20(23)25/h2-8,10,12,25H,9,11H2,1H3. The van der Waals surface area contributed by atoms with Crippen LogP contribution in [0.5, 0.6) is 5.88 Å². The van der Waals surface area contributed by atoms with Crippen molar-refractivity contribution < 1.29 is 14.6 Å². The molecule has 0 aliphatic rings. The SMILES string of the molecule is COC(=O)CCn1ccc2cccc(-n3cc4cccc(Cl)c4c3O)c21. The highest BCUT2D eigenvalue weighted by atomic mass is 35.5. The summed E-state index contributed by atoms with van der Waals surface area (Å²) < 4.78 is 8.46. The van der Waals surface area contributed by atoms with Crippen LogP contribution in [0.2, 0.25) is 5.02 Å². The number of aromatic nitrogens is 2. The Morgan fingerprint density at radius 1 is 1.15 bits per heavy atom. The summed E-state index contributed by atoms with van der Waals surface area (Å²) in [5.41, 5.74) is 1.75. The third-order valence-corrected chi connectivity index (χ3v) is 4.89. The fourth-order valence-corrected chi connectivity index (χ4v) is 3.59. The second-order valence-electron chi connectivity index (χ2n) is 6.08. The lowest BCUT2D eigenvalue weighted by atomic mass is 10.2. The largest absolute Gasteiger partial charge is 0.494 e. The number of aromatic hydroxyl groups is 1. The zero-order valence-corrected chi connectivity index (χ0v) is 14.9. The van der Waals surface area contributed by atoms with Gasteiger partial charge in [0.15, 0.2) is 0 Å². The molecule has 132 valence electrons. The monoisotopic (exact) mass is 368 g/mol. The van der Waals surface area contributed by atoms with E-state index in [1.54, 1.807) is 10.6 Å². The molecule has 0 fully saturated rings. The Morgan fingerprint density at radius 3 is 2.69 bits per heavy atom. The van der Waals surface area contributed by atoms with E-state index in [1.807, 2.05) is 53.4 Å². The Labute approximate surface area is 155 Å². The van der Waals surface area contributed by atoms with Gasteiger partial charge in [-0.25, -0.2) is 0 Å². The number of methoxy groups -OCH3 is 1. The molecule has 2 heterocycles. The molecule has 0 aliphatic carbocycles. The molecule has 4 rings (SSSR count). The fourth-order valence-electron chi connectivity index (χ4n) is 3.32. The van der Waals surface area contributed by atoms with Crippen molar-refractivity contribution in [3.63, 3.8) is 0 Å². The minimum Gasteiger partial charge on any atom is -0.494 e. The number of esters is 1. The van der Waals surface area contributed by atoms with Crippen LogP contribution >= 0.6 is 11.6 Å². The molecule has 4 aromatic rings. The van der Waals surface area contributed by atoms with Gasteiger partial charge in [-0.2, -0.15) is 0 Å². The predicted octanol–water partition coefficient (Wildman–Crippen LogP) is 4.51. The van der Waals surface area contributed by atoms with Crippen LogP contribution in [0.4, 0.5) is 0 Å². The molecule has 0 saturated heterocycles. The Bertz CT molecular complexity index is 1130. The minimum absolute atomic E-state index is 0.0961. The number of para-hydroxylation sites is 1. The number of rotatable bonds is 4. The molecular formula is C20H17ClN2O3. The molecule has 2 aromatic heterocycles. The topological polar surface area (TPSA) is 56.4 Å². The van der Waals surface area contributed by atoms with Gasteiger partial charge >= 0.3 is 5.97 Å². The summed E-state index contributed by atoms with van der Waals surface area (Å²) in [7, 11) is 1.38. The van der Waals surface area contributed by atoms with Crippen LogP contribution < -0.4 is 0 Å². The van der Waals surface area contributed by atoms with Crippen molar-refractivity contribution in [3.05, 3.63) is 59.9 Å². The quantitative estimate of drug-likeness (QED) is 0.539. The lowest BCUT2D eigenvalue weighted by molar-refractivity contribution is -0.140. The van der Waals surface area contributed by atoms with E-state index in [4.69, 9.17) is 16.3 Å². The lowest BCUT2D eigenvalue weighted by Gasteiger charge is -2.11. The first-order chi connectivity index (χ1) is 12.6. The van der Waals surface area contributed by atoms with Crippen LogP contribution in [0.25, 0.3) is 27.4 Å². The highest BCUT2D eigenvalue weighted by Crippen LogP contribution is 2.37. The zero-order chi connectivity index (χ0) is 18.3. The molecule has 6 heteroatoms. The molecule has 0 saturated carbocycles. The number of ether oxygens (including phenoxy) is 1. The number of hydrogen-bond donors (Lipinski definition) is 1. The summed E-state index contributed by atoms with van der Waals surface area (Å²) in [6.45, 7) is 0.496. The number of carbonyl (C=O) groups is 1. The van der Waals surface area contributed by atoms with Crippen molar-refractivity contribution in [1.82, 2.24) is 9.13 Å². The van der Waals surface area contributed by atoms with E-state index in [9.17, 15) is 9.90 Å². The molecule has 0 atom stereocenters. The first-order valence-electron chi connectivity index (χ1n) is 8.23. The van der Waals surface area contributed by atoms with E-state index in [2.05, 4.69) is 0 Å². The van der Waals surface area contributed by atoms with E-state index in [1.165, 1.54) is 7.11 Å². The number of benzene rings is 2. The third kappa shape index (κ3) is 2.61. The van der Waals surface area contributed by atoms with Crippen molar-refractivity contribution in [3.8, 4) is 11.6 Å². The van der Waals surface area contributed by atoms with Crippen LogP contribution in [0, 0.1) is 0 Å². The maximum atomic E-state index is 11.5. The summed E-state index contributed by atoms with van der Waals surface area (Å²) in [6.07, 6.45) is 4.08. The number of nitrogens with zero attached hydrogens (tertiary/aromatic N) is 2. The van der Waals surface area contributed by atoms with Crippen molar-refractivity contribution in [2.45, 2.75) is 13.0 Å². The normalized spacial score (nSPS) is 11.3. The van der Waals surface area contributed by atoms with Gasteiger partial charge in [-0.15, -0.1) is 0 Å². The van der Waals surface area contributed by atoms with E-state index >= 15 is 0 Å². The van der Waals surface area contributed by atoms with Gasteiger partial charge in [0.05, 0.1) is 35.1 Å². The maximum Gasteiger partial charge on any atom is 0.307 e. The van der Waals surface area contributed by atoms with Crippen LogP contribution in [-0.2, 0) is 16.1 Å². The van der Waals surface area contributed by atoms with Crippen LogP contribution in [0.15, 0.2) is 54.9 Å². The zero-order valence-electron chi connectivity index (χ0n) is 14.1. The maximum absolute atomic E-state index is 11.5. The number of hydrogen-bond acceptors (Lipinski definition) is 3. The van der Waals surface area contributed by atoms with Gasteiger partial charge < -0.3 is 14.4 Å². The molecular weight excluding hydrogens is 352 g/mol. The predicted molar refractivity (Wildman–Crippen MR) is 102 cm³/mol. The molecule has 0 spiro atoms. The van der Waals surface area contributed by atoms with Gasteiger partial charge in [-0.3, -0.25) is 9.36 Å². The van der Waals surface area contributed by atoms with Gasteiger partial charge in [0.2, 0.25) is 5.88 Å². The Kier molecular flexibility index (Phi) is 4.09. The second-order valence-corrected chi connectivity index (χ2v) is 6.48. The molecule has 26 heavy (non-hydrogen) atoms. The van der Waals surface area contributed by atoms with Crippen molar-refractivity contribution in [2.75, 3.05) is 7.11 Å². The van der Waals surface area contributed by atoms with Gasteiger partial charge in [-0.05, 0) is 18.2 Å². The average Bonchev–Trinajstić information content (AvgIpc) is 3.21. The Hall–Kier alpha value is -2.92. The molecule has 2 aromatic carbocycles. The Morgan fingerprint density at radius 2 is 1.92 bits per heavy atom. The minimum atomic E-state index is -0.259. The van der Waals surface area contributed by atoms with E-state index in [0.717, 1.165) is 22.0 Å². The summed E-state index contributed by atoms with van der Waals surface area (Å²) in [4.78, 5) is 11.5. The number of fused-ring (bicyclic) bond motifs is 2. The molecule has 0 amide bonds. The van der Waals surface area contributed by atoms with Gasteiger partial charge in [0.25, 0.3) is 0 Å². The van der Waals surface area contributed by atoms with Crippen LogP contribution in [0.1, 0.15) is 6.42 Å².